The average Bonchev–Trinajstić information content (AvgIpc) is 3.21. The molecule has 11 heteroatoms. The predicted octanol–water partition coefficient (Wildman–Crippen LogP) is 2.78. The van der Waals surface area contributed by atoms with Crippen LogP contribution in [0.4, 0.5) is 6.01 Å². The highest BCUT2D eigenvalue weighted by atomic mass is 35.5. The van der Waals surface area contributed by atoms with Gasteiger partial charge in [-0.05, 0) is 36.7 Å². The van der Waals surface area contributed by atoms with Gasteiger partial charge in [-0.2, -0.15) is 5.26 Å². The van der Waals surface area contributed by atoms with Gasteiger partial charge >= 0.3 is 6.01 Å². The van der Waals surface area contributed by atoms with Crippen LogP contribution in [-0.2, 0) is 11.3 Å². The van der Waals surface area contributed by atoms with Crippen LogP contribution < -0.4 is 11.5 Å². The van der Waals surface area contributed by atoms with Crippen molar-refractivity contribution in [2.24, 2.45) is 5.73 Å². The van der Waals surface area contributed by atoms with E-state index in [2.05, 4.69) is 15.2 Å². The van der Waals surface area contributed by atoms with Crippen LogP contribution in [0.5, 0.6) is 0 Å². The zero-order valence-electron chi connectivity index (χ0n) is 16.4. The summed E-state index contributed by atoms with van der Waals surface area (Å²) in [5, 5.41) is 17.2. The number of carbonyl (C=O) groups excluding carboxylic acids is 1. The number of anilines is 1. The number of aromatic nitrogens is 3. The Kier molecular flexibility index (Phi) is 7.83. The van der Waals surface area contributed by atoms with E-state index >= 15 is 0 Å². The molecule has 4 N–H and O–H groups in total. The SMILES string of the molecule is N#Cc1ccc(CN(C(=O)CSc2ccccc2Cl)C(CCN)c2nnc(N)o2)cn1. The Morgan fingerprint density at radius 1 is 1.29 bits per heavy atom. The zero-order chi connectivity index (χ0) is 22.2. The first kappa shape index (κ1) is 22.6. The molecule has 3 aromatic rings. The molecule has 1 unspecified atom stereocenters. The number of benzene rings is 1. The van der Waals surface area contributed by atoms with Crippen LogP contribution in [-0.4, -0.2) is 38.3 Å². The molecule has 2 aromatic heterocycles. The largest absolute Gasteiger partial charge is 0.406 e. The van der Waals surface area contributed by atoms with Crippen molar-refractivity contribution in [2.75, 3.05) is 18.0 Å². The van der Waals surface area contributed by atoms with Gasteiger partial charge in [0.05, 0.1) is 10.8 Å². The zero-order valence-corrected chi connectivity index (χ0v) is 18.0. The van der Waals surface area contributed by atoms with E-state index in [1.165, 1.54) is 11.8 Å². The van der Waals surface area contributed by atoms with E-state index in [0.717, 1.165) is 10.5 Å². The van der Waals surface area contributed by atoms with Crippen LogP contribution >= 0.6 is 23.4 Å². The van der Waals surface area contributed by atoms with Gasteiger partial charge in [-0.1, -0.05) is 34.9 Å². The summed E-state index contributed by atoms with van der Waals surface area (Å²) in [4.78, 5) is 19.8. The van der Waals surface area contributed by atoms with Gasteiger partial charge in [0.15, 0.2) is 0 Å². The van der Waals surface area contributed by atoms with Gasteiger partial charge in [0.1, 0.15) is 17.8 Å². The van der Waals surface area contributed by atoms with Crippen molar-refractivity contribution >= 4 is 35.3 Å². The minimum Gasteiger partial charge on any atom is -0.406 e. The van der Waals surface area contributed by atoms with Crippen molar-refractivity contribution in [1.82, 2.24) is 20.1 Å². The van der Waals surface area contributed by atoms with Crippen molar-refractivity contribution in [3.63, 3.8) is 0 Å². The number of nitrogen functional groups attached to an aromatic ring is 1. The fourth-order valence-electron chi connectivity index (χ4n) is 2.89. The summed E-state index contributed by atoms with van der Waals surface area (Å²) in [6.07, 6.45) is 1.95. The summed E-state index contributed by atoms with van der Waals surface area (Å²) >= 11 is 7.54. The molecule has 0 spiro atoms. The molecule has 160 valence electrons. The van der Waals surface area contributed by atoms with E-state index < -0.39 is 6.04 Å². The van der Waals surface area contributed by atoms with Gasteiger partial charge in [-0.3, -0.25) is 4.79 Å². The molecular formula is C20H20ClN7O2S. The molecule has 0 aliphatic rings. The molecule has 1 atom stereocenters. The molecule has 1 amide bonds. The van der Waals surface area contributed by atoms with Gasteiger partial charge in [-0.25, -0.2) is 4.98 Å². The van der Waals surface area contributed by atoms with E-state index in [9.17, 15) is 4.79 Å². The molecule has 3 rings (SSSR count). The molecule has 0 saturated carbocycles. The van der Waals surface area contributed by atoms with Crippen molar-refractivity contribution in [3.8, 4) is 6.07 Å². The summed E-state index contributed by atoms with van der Waals surface area (Å²) in [5.41, 5.74) is 12.4. The van der Waals surface area contributed by atoms with Crippen LogP contribution in [0.2, 0.25) is 5.02 Å². The number of nitrogens with zero attached hydrogens (tertiary/aromatic N) is 5. The standard InChI is InChI=1S/C20H20ClN7O2S/c21-15-3-1-2-4-17(15)31-12-18(29)28(11-13-5-6-14(9-23)25-10-13)16(7-8-22)19-26-27-20(24)30-19/h1-6,10,16H,7-8,11-12,22H2,(H2,24,27). The molecule has 0 bridgehead atoms. The highest BCUT2D eigenvalue weighted by Crippen LogP contribution is 2.30. The number of halogens is 1. The third-order valence-corrected chi connectivity index (χ3v) is 5.86. The van der Waals surface area contributed by atoms with Crippen molar-refractivity contribution < 1.29 is 9.21 Å². The fourth-order valence-corrected chi connectivity index (χ4v) is 4.01. The smallest absolute Gasteiger partial charge is 0.312 e. The summed E-state index contributed by atoms with van der Waals surface area (Å²) in [6, 6.07) is 12.0. The van der Waals surface area contributed by atoms with Crippen LogP contribution in [0, 0.1) is 11.3 Å². The van der Waals surface area contributed by atoms with Crippen LogP contribution in [0.15, 0.2) is 51.9 Å². The van der Waals surface area contributed by atoms with E-state index in [0.29, 0.717) is 23.7 Å². The Morgan fingerprint density at radius 2 is 2.10 bits per heavy atom. The molecule has 0 aliphatic heterocycles. The summed E-state index contributed by atoms with van der Waals surface area (Å²) < 4.78 is 5.40. The number of carbonyl (C=O) groups is 1. The average molecular weight is 458 g/mol. The maximum atomic E-state index is 13.3. The van der Waals surface area contributed by atoms with Crippen molar-refractivity contribution in [3.05, 3.63) is 64.8 Å². The predicted molar refractivity (Wildman–Crippen MR) is 117 cm³/mol. The quantitative estimate of drug-likeness (QED) is 0.462. The number of pyridine rings is 1. The minimum absolute atomic E-state index is 0.0881. The second kappa shape index (κ2) is 10.8. The third-order valence-electron chi connectivity index (χ3n) is 4.36. The Labute approximate surface area is 188 Å². The lowest BCUT2D eigenvalue weighted by Crippen LogP contribution is -2.37. The van der Waals surface area contributed by atoms with E-state index in [-0.39, 0.29) is 30.1 Å². The maximum absolute atomic E-state index is 13.3. The second-order valence-corrected chi connectivity index (χ2v) is 7.90. The normalized spacial score (nSPS) is 11.6. The van der Waals surface area contributed by atoms with Crippen LogP contribution in [0.1, 0.15) is 29.6 Å². The van der Waals surface area contributed by atoms with E-state index in [4.69, 9.17) is 32.7 Å². The number of thioether (sulfide) groups is 1. The van der Waals surface area contributed by atoms with Gasteiger partial charge in [-0.15, -0.1) is 16.9 Å². The Hall–Kier alpha value is -3.13. The maximum Gasteiger partial charge on any atom is 0.312 e. The first-order valence-electron chi connectivity index (χ1n) is 9.32. The first-order valence-corrected chi connectivity index (χ1v) is 10.7. The Balaban J connectivity index is 1.86. The minimum atomic E-state index is -0.565. The number of hydrogen-bond donors (Lipinski definition) is 2. The lowest BCUT2D eigenvalue weighted by molar-refractivity contribution is -0.132. The Morgan fingerprint density at radius 3 is 2.71 bits per heavy atom. The molecule has 1 aromatic carbocycles. The van der Waals surface area contributed by atoms with Crippen LogP contribution in [0.25, 0.3) is 0 Å². The molecule has 0 radical (unpaired) electrons. The highest BCUT2D eigenvalue weighted by Gasteiger charge is 2.29. The third kappa shape index (κ3) is 5.95. The molecule has 31 heavy (non-hydrogen) atoms. The number of nitrogens with two attached hydrogens (primary N) is 2. The van der Waals surface area contributed by atoms with E-state index in [1.807, 2.05) is 24.3 Å². The van der Waals surface area contributed by atoms with Gasteiger partial charge in [0, 0.05) is 17.6 Å². The second-order valence-electron chi connectivity index (χ2n) is 6.48. The van der Waals surface area contributed by atoms with E-state index in [1.54, 1.807) is 29.3 Å². The summed E-state index contributed by atoms with van der Waals surface area (Å²) in [7, 11) is 0. The fraction of sp³-hybridized carbons (Fsp3) is 0.250. The van der Waals surface area contributed by atoms with Crippen molar-refractivity contribution in [1.29, 1.82) is 5.26 Å². The lowest BCUT2D eigenvalue weighted by Gasteiger charge is -2.29. The van der Waals surface area contributed by atoms with Crippen LogP contribution in [0.3, 0.4) is 0 Å². The summed E-state index contributed by atoms with van der Waals surface area (Å²) in [5.74, 6) is 0.170. The number of hydrogen-bond acceptors (Lipinski definition) is 9. The topological polar surface area (TPSA) is 148 Å². The molecule has 2 heterocycles. The molecular weight excluding hydrogens is 438 g/mol. The Bertz CT molecular complexity index is 1070. The van der Waals surface area contributed by atoms with Gasteiger partial charge in [0.25, 0.3) is 0 Å². The molecule has 9 nitrogen and oxygen atoms in total. The first-order chi connectivity index (χ1) is 15.0. The molecule has 0 aliphatic carbocycles. The van der Waals surface area contributed by atoms with Crippen molar-refractivity contribution in [2.45, 2.75) is 23.9 Å². The number of nitriles is 1. The summed E-state index contributed by atoms with van der Waals surface area (Å²) in [6.45, 7) is 0.508. The number of rotatable bonds is 9. The molecule has 0 saturated heterocycles. The number of amides is 1. The highest BCUT2D eigenvalue weighted by molar-refractivity contribution is 8.00. The lowest BCUT2D eigenvalue weighted by atomic mass is 10.1. The monoisotopic (exact) mass is 457 g/mol. The molecule has 0 fully saturated rings. The van der Waals surface area contributed by atoms with Gasteiger partial charge < -0.3 is 20.8 Å². The van der Waals surface area contributed by atoms with Gasteiger partial charge in [0.2, 0.25) is 11.8 Å².